The van der Waals surface area contributed by atoms with Crippen molar-refractivity contribution in [1.82, 2.24) is 15.8 Å². The summed E-state index contributed by atoms with van der Waals surface area (Å²) >= 11 is 12.0. The molecule has 0 saturated carbocycles. The molecular formula is C24H21Cl2N3O4. The molecule has 7 nitrogen and oxygen atoms in total. The number of fused-ring (bicyclic) bond motifs is 2. The number of hydrazine groups is 1. The second-order valence-electron chi connectivity index (χ2n) is 8.16. The molecule has 0 radical (unpaired) electrons. The van der Waals surface area contributed by atoms with E-state index in [2.05, 4.69) is 10.7 Å². The van der Waals surface area contributed by atoms with Gasteiger partial charge in [-0.3, -0.25) is 15.0 Å². The van der Waals surface area contributed by atoms with Crippen LogP contribution in [0.4, 0.5) is 0 Å². The fourth-order valence-corrected chi connectivity index (χ4v) is 4.43. The Morgan fingerprint density at radius 1 is 0.970 bits per heavy atom. The van der Waals surface area contributed by atoms with E-state index in [0.29, 0.717) is 57.7 Å². The predicted octanol–water partition coefficient (Wildman–Crippen LogP) is 5.27. The van der Waals surface area contributed by atoms with E-state index >= 15 is 0 Å². The van der Waals surface area contributed by atoms with Crippen LogP contribution in [0.25, 0.3) is 21.9 Å². The second kappa shape index (κ2) is 9.09. The molecule has 2 amide bonds. The number of amides is 2. The van der Waals surface area contributed by atoms with Gasteiger partial charge in [0, 0.05) is 40.5 Å². The van der Waals surface area contributed by atoms with Crippen molar-refractivity contribution in [3.63, 3.8) is 0 Å². The van der Waals surface area contributed by atoms with E-state index in [1.54, 1.807) is 42.5 Å². The Morgan fingerprint density at radius 2 is 1.70 bits per heavy atom. The number of nitrogens with zero attached hydrogens (tertiary/aromatic N) is 1. The van der Waals surface area contributed by atoms with E-state index in [1.165, 1.54) is 6.26 Å². The van der Waals surface area contributed by atoms with Crippen LogP contribution in [0.1, 0.15) is 33.8 Å². The maximum absolute atomic E-state index is 12.7. The molecule has 33 heavy (non-hydrogen) atoms. The summed E-state index contributed by atoms with van der Waals surface area (Å²) in [4.78, 5) is 25.2. The van der Waals surface area contributed by atoms with Crippen LogP contribution in [0, 0.1) is 5.92 Å². The minimum atomic E-state index is -0.247. The van der Waals surface area contributed by atoms with Crippen molar-refractivity contribution in [3.05, 3.63) is 70.1 Å². The molecule has 0 spiro atoms. The van der Waals surface area contributed by atoms with Gasteiger partial charge >= 0.3 is 0 Å². The third kappa shape index (κ3) is 4.71. The molecule has 1 saturated heterocycles. The van der Waals surface area contributed by atoms with E-state index in [4.69, 9.17) is 32.0 Å². The van der Waals surface area contributed by atoms with Crippen LogP contribution in [0.3, 0.4) is 0 Å². The van der Waals surface area contributed by atoms with Gasteiger partial charge in [-0.05, 0) is 61.2 Å². The van der Waals surface area contributed by atoms with Crippen molar-refractivity contribution in [2.75, 3.05) is 19.6 Å². The molecular weight excluding hydrogens is 465 g/mol. The lowest BCUT2D eigenvalue weighted by Crippen LogP contribution is -2.47. The lowest BCUT2D eigenvalue weighted by atomic mass is 9.97. The average molecular weight is 486 g/mol. The van der Waals surface area contributed by atoms with Gasteiger partial charge in [-0.2, -0.15) is 0 Å². The van der Waals surface area contributed by atoms with Crippen molar-refractivity contribution >= 4 is 57.0 Å². The molecule has 0 aliphatic carbocycles. The molecule has 9 heteroatoms. The third-order valence-corrected chi connectivity index (χ3v) is 6.38. The van der Waals surface area contributed by atoms with Gasteiger partial charge in [0.1, 0.15) is 17.4 Å². The fourth-order valence-electron chi connectivity index (χ4n) is 4.08. The number of piperidine rings is 1. The Morgan fingerprint density at radius 3 is 2.48 bits per heavy atom. The monoisotopic (exact) mass is 485 g/mol. The maximum Gasteiger partial charge on any atom is 0.287 e. The number of rotatable bonds is 5. The number of halogens is 2. The van der Waals surface area contributed by atoms with Crippen LogP contribution in [0.2, 0.25) is 10.0 Å². The van der Waals surface area contributed by atoms with Gasteiger partial charge in [0.05, 0.1) is 5.56 Å². The zero-order chi connectivity index (χ0) is 22.9. The van der Waals surface area contributed by atoms with Crippen molar-refractivity contribution in [1.29, 1.82) is 0 Å². The van der Waals surface area contributed by atoms with Crippen LogP contribution < -0.4 is 10.7 Å². The van der Waals surface area contributed by atoms with Crippen molar-refractivity contribution < 1.29 is 18.4 Å². The lowest BCUT2D eigenvalue weighted by Gasteiger charge is -2.31. The quantitative estimate of drug-likeness (QED) is 0.401. The highest BCUT2D eigenvalue weighted by Crippen LogP contribution is 2.25. The van der Waals surface area contributed by atoms with Crippen LogP contribution in [-0.2, 0) is 0 Å². The number of carbonyl (C=O) groups excluding carboxylic acids is 2. The van der Waals surface area contributed by atoms with Gasteiger partial charge in [-0.1, -0.05) is 23.2 Å². The zero-order valence-electron chi connectivity index (χ0n) is 17.6. The first-order valence-corrected chi connectivity index (χ1v) is 11.4. The maximum atomic E-state index is 12.7. The fraction of sp³-hybridized carbons (Fsp3) is 0.250. The van der Waals surface area contributed by atoms with Crippen LogP contribution in [0.15, 0.2) is 57.6 Å². The van der Waals surface area contributed by atoms with Gasteiger partial charge in [-0.15, -0.1) is 0 Å². The molecule has 2 N–H and O–H groups in total. The Labute approximate surface area is 199 Å². The standard InChI is InChI=1S/C24H21Cl2N3O4/c25-16-1-3-20-15(9-16)10-22(33-20)24(31)27-12-14-5-7-29(8-6-14)28-23(30)19-13-32-21-4-2-17(26)11-18(19)21/h1-4,9-11,13-14H,5-8,12H2,(H,27,31)(H,28,30). The van der Waals surface area contributed by atoms with E-state index < -0.39 is 0 Å². The SMILES string of the molecule is O=C(NCC1CCN(NC(=O)c2coc3ccc(Cl)cc23)CC1)c1cc2cc(Cl)ccc2o1. The summed E-state index contributed by atoms with van der Waals surface area (Å²) in [5.74, 6) is 0.107. The average Bonchev–Trinajstić information content (AvgIpc) is 3.42. The van der Waals surface area contributed by atoms with E-state index in [-0.39, 0.29) is 17.6 Å². The molecule has 3 heterocycles. The highest BCUT2D eigenvalue weighted by molar-refractivity contribution is 6.31. The highest BCUT2D eigenvalue weighted by Gasteiger charge is 2.23. The predicted molar refractivity (Wildman–Crippen MR) is 127 cm³/mol. The molecule has 1 aliphatic rings. The lowest BCUT2D eigenvalue weighted by molar-refractivity contribution is 0.0698. The number of furan rings is 2. The first-order chi connectivity index (χ1) is 16.0. The van der Waals surface area contributed by atoms with Crippen LogP contribution in [0.5, 0.6) is 0 Å². The van der Waals surface area contributed by atoms with Gasteiger partial charge in [0.25, 0.3) is 11.8 Å². The summed E-state index contributed by atoms with van der Waals surface area (Å²) in [6.45, 7) is 1.92. The van der Waals surface area contributed by atoms with Crippen molar-refractivity contribution in [2.45, 2.75) is 12.8 Å². The third-order valence-electron chi connectivity index (χ3n) is 5.91. The number of carbonyl (C=O) groups is 2. The smallest absolute Gasteiger partial charge is 0.287 e. The summed E-state index contributed by atoms with van der Waals surface area (Å²) in [7, 11) is 0. The summed E-state index contributed by atoms with van der Waals surface area (Å²) < 4.78 is 11.1. The van der Waals surface area contributed by atoms with E-state index in [0.717, 1.165) is 18.2 Å². The zero-order valence-corrected chi connectivity index (χ0v) is 19.1. The molecule has 2 aromatic heterocycles. The Hall–Kier alpha value is -3.00. The van der Waals surface area contributed by atoms with Gasteiger partial charge in [0.15, 0.2) is 5.76 Å². The summed E-state index contributed by atoms with van der Waals surface area (Å²) in [5.41, 5.74) is 4.64. The largest absolute Gasteiger partial charge is 0.463 e. The molecule has 0 bridgehead atoms. The van der Waals surface area contributed by atoms with Crippen molar-refractivity contribution in [3.8, 4) is 0 Å². The molecule has 0 atom stereocenters. The Kier molecular flexibility index (Phi) is 6.01. The number of benzene rings is 2. The second-order valence-corrected chi connectivity index (χ2v) is 9.04. The van der Waals surface area contributed by atoms with Gasteiger partial charge in [-0.25, -0.2) is 5.01 Å². The molecule has 5 rings (SSSR count). The van der Waals surface area contributed by atoms with Crippen LogP contribution in [-0.4, -0.2) is 36.5 Å². The highest BCUT2D eigenvalue weighted by atomic mass is 35.5. The number of nitrogens with one attached hydrogen (secondary N) is 2. The molecule has 170 valence electrons. The van der Waals surface area contributed by atoms with E-state index in [9.17, 15) is 9.59 Å². The molecule has 1 aliphatic heterocycles. The number of hydrogen-bond donors (Lipinski definition) is 2. The summed E-state index contributed by atoms with van der Waals surface area (Å²) in [6.07, 6.45) is 3.13. The van der Waals surface area contributed by atoms with Gasteiger partial charge < -0.3 is 14.2 Å². The first kappa shape index (κ1) is 21.8. The summed E-state index contributed by atoms with van der Waals surface area (Å²) in [6, 6.07) is 12.1. The topological polar surface area (TPSA) is 87.7 Å². The molecule has 2 aromatic carbocycles. The molecule has 4 aromatic rings. The minimum Gasteiger partial charge on any atom is -0.463 e. The normalized spacial score (nSPS) is 15.2. The first-order valence-electron chi connectivity index (χ1n) is 10.7. The van der Waals surface area contributed by atoms with Crippen molar-refractivity contribution in [2.24, 2.45) is 5.92 Å². The molecule has 1 fully saturated rings. The van der Waals surface area contributed by atoms with Crippen LogP contribution >= 0.6 is 23.2 Å². The minimum absolute atomic E-state index is 0.229. The Balaban J connectivity index is 1.12. The Bertz CT molecular complexity index is 1340. The summed E-state index contributed by atoms with van der Waals surface area (Å²) in [5, 5.41) is 7.47. The molecule has 0 unspecified atom stereocenters. The van der Waals surface area contributed by atoms with Gasteiger partial charge in [0.2, 0.25) is 0 Å². The van der Waals surface area contributed by atoms with E-state index in [1.807, 2.05) is 5.01 Å². The number of hydrogen-bond acceptors (Lipinski definition) is 5.